The van der Waals surface area contributed by atoms with E-state index < -0.39 is 4.92 Å². The van der Waals surface area contributed by atoms with Gasteiger partial charge in [-0.2, -0.15) is 5.26 Å². The second-order valence-electron chi connectivity index (χ2n) is 5.26. The van der Waals surface area contributed by atoms with Crippen molar-refractivity contribution in [2.24, 2.45) is 0 Å². The monoisotopic (exact) mass is 354 g/mol. The van der Waals surface area contributed by atoms with Crippen molar-refractivity contribution in [3.8, 4) is 29.1 Å². The van der Waals surface area contributed by atoms with Crippen LogP contribution in [0.3, 0.4) is 0 Å². The van der Waals surface area contributed by atoms with Gasteiger partial charge in [-0.1, -0.05) is 0 Å². The highest BCUT2D eigenvalue weighted by Crippen LogP contribution is 2.38. The van der Waals surface area contributed by atoms with Crippen LogP contribution in [0.4, 0.5) is 5.69 Å². The maximum atomic E-state index is 11.3. The van der Waals surface area contributed by atoms with E-state index in [0.29, 0.717) is 33.9 Å². The lowest BCUT2D eigenvalue weighted by Crippen LogP contribution is -1.97. The number of allylic oxidation sites excluding steroid dienone is 1. The Morgan fingerprint density at radius 3 is 2.58 bits per heavy atom. The van der Waals surface area contributed by atoms with Gasteiger partial charge < -0.3 is 18.9 Å². The number of benzene rings is 2. The van der Waals surface area contributed by atoms with Gasteiger partial charge in [-0.25, -0.2) is 0 Å². The lowest BCUT2D eigenvalue weighted by atomic mass is 10.0. The largest absolute Gasteiger partial charge is 0.496 e. The van der Waals surface area contributed by atoms with E-state index in [4.69, 9.17) is 18.9 Å². The average Bonchev–Trinajstić information content (AvgIpc) is 3.13. The summed E-state index contributed by atoms with van der Waals surface area (Å²) >= 11 is 0. The third kappa shape index (κ3) is 3.10. The minimum absolute atomic E-state index is 0.0746. The van der Waals surface area contributed by atoms with E-state index in [1.807, 2.05) is 0 Å². The molecular formula is C18H14N2O6. The molecule has 1 aliphatic heterocycles. The van der Waals surface area contributed by atoms with Crippen molar-refractivity contribution >= 4 is 17.3 Å². The van der Waals surface area contributed by atoms with Crippen LogP contribution in [0.15, 0.2) is 30.3 Å². The van der Waals surface area contributed by atoms with E-state index in [1.165, 1.54) is 32.4 Å². The van der Waals surface area contributed by atoms with E-state index in [1.54, 1.807) is 18.2 Å². The summed E-state index contributed by atoms with van der Waals surface area (Å²) < 4.78 is 20.9. The molecule has 3 rings (SSSR count). The molecule has 1 heterocycles. The minimum atomic E-state index is -0.553. The van der Waals surface area contributed by atoms with Crippen LogP contribution in [0.1, 0.15) is 11.1 Å². The number of hydrogen-bond acceptors (Lipinski definition) is 7. The predicted octanol–water partition coefficient (Wildman–Crippen LogP) is 3.40. The lowest BCUT2D eigenvalue weighted by Gasteiger charge is -2.09. The molecule has 2 aromatic rings. The zero-order valence-corrected chi connectivity index (χ0v) is 14.0. The van der Waals surface area contributed by atoms with Crippen LogP contribution < -0.4 is 18.9 Å². The van der Waals surface area contributed by atoms with Crippen LogP contribution in [-0.4, -0.2) is 25.9 Å². The molecule has 8 nitrogen and oxygen atoms in total. The quantitative estimate of drug-likeness (QED) is 0.351. The summed E-state index contributed by atoms with van der Waals surface area (Å²) in [4.78, 5) is 10.7. The Labute approximate surface area is 148 Å². The second kappa shape index (κ2) is 7.03. The van der Waals surface area contributed by atoms with E-state index in [0.717, 1.165) is 0 Å². The number of fused-ring (bicyclic) bond motifs is 1. The fourth-order valence-corrected chi connectivity index (χ4v) is 2.56. The SMILES string of the molecule is COc1cc(OC)c([N+](=O)[O-])cc1/C=C(\C#N)c1ccc2c(c1)OCO2. The molecule has 0 saturated heterocycles. The summed E-state index contributed by atoms with van der Waals surface area (Å²) in [7, 11) is 2.77. The number of hydrogen-bond donors (Lipinski definition) is 0. The molecule has 8 heteroatoms. The molecule has 0 atom stereocenters. The number of methoxy groups -OCH3 is 2. The van der Waals surface area contributed by atoms with Crippen LogP contribution in [0, 0.1) is 21.4 Å². The molecule has 2 aromatic carbocycles. The first kappa shape index (κ1) is 17.1. The maximum absolute atomic E-state index is 11.3. The van der Waals surface area contributed by atoms with Gasteiger partial charge in [-0.05, 0) is 29.8 Å². The first-order valence-electron chi connectivity index (χ1n) is 7.49. The summed E-state index contributed by atoms with van der Waals surface area (Å²) in [6.45, 7) is 0.128. The Balaban J connectivity index is 2.10. The van der Waals surface area contributed by atoms with Gasteiger partial charge >= 0.3 is 5.69 Å². The van der Waals surface area contributed by atoms with Gasteiger partial charge in [0.15, 0.2) is 11.5 Å². The predicted molar refractivity (Wildman–Crippen MR) is 92.2 cm³/mol. The molecule has 132 valence electrons. The molecule has 0 bridgehead atoms. The summed E-state index contributed by atoms with van der Waals surface area (Å²) in [5.41, 5.74) is 1.05. The van der Waals surface area contributed by atoms with Gasteiger partial charge in [-0.15, -0.1) is 0 Å². The molecule has 0 unspecified atom stereocenters. The highest BCUT2D eigenvalue weighted by Gasteiger charge is 2.20. The van der Waals surface area contributed by atoms with Gasteiger partial charge in [0.1, 0.15) is 5.75 Å². The number of ether oxygens (including phenoxy) is 4. The van der Waals surface area contributed by atoms with Crippen LogP contribution >= 0.6 is 0 Å². The van der Waals surface area contributed by atoms with Crippen molar-refractivity contribution in [1.82, 2.24) is 0 Å². The van der Waals surface area contributed by atoms with Crippen LogP contribution in [0.2, 0.25) is 0 Å². The number of nitro groups is 1. The minimum Gasteiger partial charge on any atom is -0.496 e. The Hall–Kier alpha value is -3.73. The number of nitro benzene ring substituents is 1. The first-order chi connectivity index (χ1) is 12.6. The van der Waals surface area contributed by atoms with Gasteiger partial charge in [0.05, 0.1) is 30.8 Å². The molecule has 0 aromatic heterocycles. The topological polar surface area (TPSA) is 104 Å². The average molecular weight is 354 g/mol. The lowest BCUT2D eigenvalue weighted by molar-refractivity contribution is -0.385. The van der Waals surface area contributed by atoms with Crippen molar-refractivity contribution in [3.63, 3.8) is 0 Å². The molecule has 0 radical (unpaired) electrons. The van der Waals surface area contributed by atoms with Gasteiger partial charge in [0, 0.05) is 17.7 Å². The normalized spacial score (nSPS) is 12.4. The van der Waals surface area contributed by atoms with E-state index in [2.05, 4.69) is 6.07 Å². The van der Waals surface area contributed by atoms with Crippen molar-refractivity contribution in [2.45, 2.75) is 0 Å². The van der Waals surface area contributed by atoms with Crippen molar-refractivity contribution in [1.29, 1.82) is 5.26 Å². The van der Waals surface area contributed by atoms with E-state index in [9.17, 15) is 15.4 Å². The third-order valence-electron chi connectivity index (χ3n) is 3.83. The summed E-state index contributed by atoms with van der Waals surface area (Å²) in [6.07, 6.45) is 1.52. The Morgan fingerprint density at radius 2 is 1.92 bits per heavy atom. The molecule has 0 fully saturated rings. The van der Waals surface area contributed by atoms with Crippen LogP contribution in [0.5, 0.6) is 23.0 Å². The Bertz CT molecular complexity index is 945. The standard InChI is InChI=1S/C18H14N2O6/c1-23-16-8-17(24-2)14(20(21)22)6-12(16)5-13(9-19)11-3-4-15-18(7-11)26-10-25-15/h3-8H,10H2,1-2H3/b13-5+. The molecule has 0 saturated carbocycles. The van der Waals surface area contributed by atoms with Gasteiger partial charge in [0.2, 0.25) is 12.5 Å². The van der Waals surface area contributed by atoms with E-state index in [-0.39, 0.29) is 18.2 Å². The van der Waals surface area contributed by atoms with Crippen molar-refractivity contribution in [2.75, 3.05) is 21.0 Å². The van der Waals surface area contributed by atoms with Gasteiger partial charge in [0.25, 0.3) is 0 Å². The smallest absolute Gasteiger partial charge is 0.311 e. The zero-order chi connectivity index (χ0) is 18.7. The molecule has 0 amide bonds. The van der Waals surface area contributed by atoms with Crippen molar-refractivity contribution < 1.29 is 23.9 Å². The second-order valence-corrected chi connectivity index (χ2v) is 5.26. The summed E-state index contributed by atoms with van der Waals surface area (Å²) in [5, 5.41) is 20.8. The first-order valence-corrected chi connectivity index (χ1v) is 7.49. The zero-order valence-electron chi connectivity index (χ0n) is 14.0. The fraction of sp³-hybridized carbons (Fsp3) is 0.167. The fourth-order valence-electron chi connectivity index (χ4n) is 2.56. The summed E-state index contributed by atoms with van der Waals surface area (Å²) in [6, 6.07) is 9.92. The van der Waals surface area contributed by atoms with Crippen LogP contribution in [-0.2, 0) is 0 Å². The number of rotatable bonds is 5. The summed E-state index contributed by atoms with van der Waals surface area (Å²) in [5.74, 6) is 1.56. The Morgan fingerprint density at radius 1 is 1.19 bits per heavy atom. The number of nitrogens with zero attached hydrogens (tertiary/aromatic N) is 2. The van der Waals surface area contributed by atoms with Crippen molar-refractivity contribution in [3.05, 3.63) is 51.6 Å². The highest BCUT2D eigenvalue weighted by atomic mass is 16.7. The molecule has 0 spiro atoms. The highest BCUT2D eigenvalue weighted by molar-refractivity contribution is 5.91. The molecule has 0 aliphatic carbocycles. The molecule has 1 aliphatic rings. The van der Waals surface area contributed by atoms with Gasteiger partial charge in [-0.3, -0.25) is 10.1 Å². The van der Waals surface area contributed by atoms with E-state index >= 15 is 0 Å². The molecule has 0 N–H and O–H groups in total. The maximum Gasteiger partial charge on any atom is 0.311 e. The molecular weight excluding hydrogens is 340 g/mol. The van der Waals surface area contributed by atoms with Crippen LogP contribution in [0.25, 0.3) is 11.6 Å². The Kier molecular flexibility index (Phi) is 4.62. The third-order valence-corrected chi connectivity index (χ3v) is 3.83. The number of nitriles is 1. The molecule has 26 heavy (non-hydrogen) atoms.